The minimum atomic E-state index is -0.105. The summed E-state index contributed by atoms with van der Waals surface area (Å²) in [5.74, 6) is 0. The molecular weight excluding hydrogens is 192 g/mol. The molecule has 0 saturated heterocycles. The van der Waals surface area contributed by atoms with Gasteiger partial charge < -0.3 is 15.0 Å². The molecule has 82 valence electrons. The zero-order chi connectivity index (χ0) is 10.8. The summed E-state index contributed by atoms with van der Waals surface area (Å²) >= 11 is 0. The molecular formula is C11H16N2O2. The maximum Gasteiger partial charge on any atom is 0.274 e. The van der Waals surface area contributed by atoms with E-state index in [0.29, 0.717) is 5.69 Å². The first-order valence-electron chi connectivity index (χ1n) is 5.23. The molecule has 4 heteroatoms. The molecule has 1 saturated carbocycles. The van der Waals surface area contributed by atoms with Crippen LogP contribution in [0.4, 0.5) is 5.69 Å². The summed E-state index contributed by atoms with van der Waals surface area (Å²) in [7, 11) is 1.69. The van der Waals surface area contributed by atoms with Gasteiger partial charge in [0.2, 0.25) is 0 Å². The van der Waals surface area contributed by atoms with Gasteiger partial charge >= 0.3 is 0 Å². The fourth-order valence-corrected chi connectivity index (χ4v) is 2.29. The van der Waals surface area contributed by atoms with Crippen LogP contribution in [0.1, 0.15) is 25.3 Å². The fourth-order valence-electron chi connectivity index (χ4n) is 2.29. The monoisotopic (exact) mass is 208 g/mol. The second-order valence-corrected chi connectivity index (χ2v) is 3.95. The van der Waals surface area contributed by atoms with Crippen molar-refractivity contribution in [2.24, 2.45) is 0 Å². The van der Waals surface area contributed by atoms with Crippen LogP contribution in [0.2, 0.25) is 0 Å². The summed E-state index contributed by atoms with van der Waals surface area (Å²) in [6, 6.07) is 3.59. The number of rotatable bonds is 2. The smallest absolute Gasteiger partial charge is 0.274 e. The predicted molar refractivity (Wildman–Crippen MR) is 58.8 cm³/mol. The van der Waals surface area contributed by atoms with E-state index >= 15 is 0 Å². The third kappa shape index (κ3) is 1.77. The second kappa shape index (κ2) is 4.06. The van der Waals surface area contributed by atoms with E-state index in [2.05, 4.69) is 0 Å². The molecule has 0 unspecified atom stereocenters. The van der Waals surface area contributed by atoms with Crippen molar-refractivity contribution in [3.05, 3.63) is 28.7 Å². The zero-order valence-corrected chi connectivity index (χ0v) is 8.85. The van der Waals surface area contributed by atoms with Crippen molar-refractivity contribution < 1.29 is 4.74 Å². The van der Waals surface area contributed by atoms with E-state index in [0.717, 1.165) is 19.3 Å². The van der Waals surface area contributed by atoms with Crippen molar-refractivity contribution in [2.75, 3.05) is 12.8 Å². The van der Waals surface area contributed by atoms with Gasteiger partial charge in [-0.1, -0.05) is 0 Å². The van der Waals surface area contributed by atoms with E-state index in [9.17, 15) is 4.79 Å². The van der Waals surface area contributed by atoms with Gasteiger partial charge in [-0.25, -0.2) is 0 Å². The van der Waals surface area contributed by atoms with Gasteiger partial charge in [0.15, 0.2) is 0 Å². The topological polar surface area (TPSA) is 57.2 Å². The van der Waals surface area contributed by atoms with Gasteiger partial charge in [0.1, 0.15) is 0 Å². The van der Waals surface area contributed by atoms with Gasteiger partial charge in [0, 0.05) is 13.3 Å². The molecule has 0 radical (unpaired) electrons. The molecule has 1 heterocycles. The molecule has 1 fully saturated rings. The molecule has 4 nitrogen and oxygen atoms in total. The van der Waals surface area contributed by atoms with Gasteiger partial charge in [-0.15, -0.1) is 0 Å². The van der Waals surface area contributed by atoms with E-state index in [-0.39, 0.29) is 17.7 Å². The molecule has 0 spiro atoms. The van der Waals surface area contributed by atoms with E-state index in [1.54, 1.807) is 23.9 Å². The lowest BCUT2D eigenvalue weighted by Gasteiger charge is -2.20. The zero-order valence-electron chi connectivity index (χ0n) is 8.85. The number of ether oxygens (including phenoxy) is 1. The molecule has 1 aromatic rings. The highest BCUT2D eigenvalue weighted by Gasteiger charge is 2.29. The summed E-state index contributed by atoms with van der Waals surface area (Å²) < 4.78 is 7.08. The lowest BCUT2D eigenvalue weighted by molar-refractivity contribution is 0.0739. The molecule has 0 aromatic carbocycles. The molecule has 0 bridgehead atoms. The number of hydrogen-bond donors (Lipinski definition) is 1. The maximum atomic E-state index is 11.8. The third-order valence-corrected chi connectivity index (χ3v) is 3.08. The summed E-state index contributed by atoms with van der Waals surface area (Å²) in [4.78, 5) is 11.8. The first-order chi connectivity index (χ1) is 7.24. The predicted octanol–water partition coefficient (Wildman–Crippen LogP) is 1.17. The lowest BCUT2D eigenvalue weighted by Crippen LogP contribution is -2.30. The van der Waals surface area contributed by atoms with Crippen molar-refractivity contribution in [3.63, 3.8) is 0 Å². The second-order valence-electron chi connectivity index (χ2n) is 3.95. The van der Waals surface area contributed by atoms with Gasteiger partial charge in [0.25, 0.3) is 5.56 Å². The minimum Gasteiger partial charge on any atom is -0.394 e. The van der Waals surface area contributed by atoms with Crippen LogP contribution in [-0.2, 0) is 4.74 Å². The Hall–Kier alpha value is -1.29. The number of nitrogen functional groups attached to an aromatic ring is 1. The Morgan fingerprint density at radius 2 is 2.33 bits per heavy atom. The van der Waals surface area contributed by atoms with Crippen molar-refractivity contribution in [2.45, 2.75) is 31.4 Å². The molecule has 0 aliphatic heterocycles. The highest BCUT2D eigenvalue weighted by atomic mass is 16.5. The van der Waals surface area contributed by atoms with Crippen LogP contribution >= 0.6 is 0 Å². The Morgan fingerprint density at radius 3 is 3.07 bits per heavy atom. The standard InChI is InChI=1S/C11H16N2O2/c1-15-10-6-2-5-9(10)13-7-3-4-8(12)11(13)14/h3-4,7,9-10H,2,5-6,12H2,1H3/t9-,10-/m0/s1. The maximum absolute atomic E-state index is 11.8. The van der Waals surface area contributed by atoms with Crippen molar-refractivity contribution in [1.29, 1.82) is 0 Å². The number of methoxy groups -OCH3 is 1. The van der Waals surface area contributed by atoms with Crippen LogP contribution in [0.25, 0.3) is 0 Å². The van der Waals surface area contributed by atoms with Gasteiger partial charge in [0.05, 0.1) is 17.8 Å². The van der Waals surface area contributed by atoms with E-state index < -0.39 is 0 Å². The van der Waals surface area contributed by atoms with Crippen molar-refractivity contribution >= 4 is 5.69 Å². The van der Waals surface area contributed by atoms with Crippen LogP contribution in [0, 0.1) is 0 Å². The molecule has 1 aromatic heterocycles. The molecule has 15 heavy (non-hydrogen) atoms. The highest BCUT2D eigenvalue weighted by molar-refractivity contribution is 5.33. The Bertz CT molecular complexity index is 400. The van der Waals surface area contributed by atoms with E-state index in [4.69, 9.17) is 10.5 Å². The van der Waals surface area contributed by atoms with Crippen LogP contribution in [0.5, 0.6) is 0 Å². The van der Waals surface area contributed by atoms with Crippen LogP contribution < -0.4 is 11.3 Å². The Kier molecular flexibility index (Phi) is 2.77. The van der Waals surface area contributed by atoms with Crippen LogP contribution in [0.3, 0.4) is 0 Å². The molecule has 2 N–H and O–H groups in total. The molecule has 2 atom stereocenters. The number of aromatic nitrogens is 1. The van der Waals surface area contributed by atoms with E-state index in [1.165, 1.54) is 0 Å². The summed E-state index contributed by atoms with van der Waals surface area (Å²) in [6.07, 6.45) is 5.04. The lowest BCUT2D eigenvalue weighted by atomic mass is 10.2. The SMILES string of the molecule is CO[C@H]1CCC[C@@H]1n1cccc(N)c1=O. The fraction of sp³-hybridized carbons (Fsp3) is 0.545. The average Bonchev–Trinajstić information content (AvgIpc) is 2.70. The first kappa shape index (κ1) is 10.2. The van der Waals surface area contributed by atoms with Crippen molar-refractivity contribution in [3.8, 4) is 0 Å². The number of anilines is 1. The quantitative estimate of drug-likeness (QED) is 0.793. The van der Waals surface area contributed by atoms with Gasteiger partial charge in [-0.3, -0.25) is 4.79 Å². The van der Waals surface area contributed by atoms with Crippen LogP contribution in [-0.4, -0.2) is 17.8 Å². The summed E-state index contributed by atoms with van der Waals surface area (Å²) in [5, 5.41) is 0. The Labute approximate surface area is 88.7 Å². The number of hydrogen-bond acceptors (Lipinski definition) is 3. The Morgan fingerprint density at radius 1 is 1.53 bits per heavy atom. The van der Waals surface area contributed by atoms with Crippen LogP contribution in [0.15, 0.2) is 23.1 Å². The minimum absolute atomic E-state index is 0.105. The van der Waals surface area contributed by atoms with Gasteiger partial charge in [-0.2, -0.15) is 0 Å². The third-order valence-electron chi connectivity index (χ3n) is 3.08. The number of pyridine rings is 1. The normalized spacial score (nSPS) is 25.7. The number of nitrogens with two attached hydrogens (primary N) is 1. The largest absolute Gasteiger partial charge is 0.394 e. The average molecular weight is 208 g/mol. The van der Waals surface area contributed by atoms with Gasteiger partial charge in [-0.05, 0) is 31.4 Å². The molecule has 1 aliphatic rings. The highest BCUT2D eigenvalue weighted by Crippen LogP contribution is 2.30. The molecule has 2 rings (SSSR count). The molecule has 1 aliphatic carbocycles. The van der Waals surface area contributed by atoms with E-state index in [1.807, 2.05) is 6.07 Å². The summed E-state index contributed by atoms with van der Waals surface area (Å²) in [6.45, 7) is 0. The number of nitrogens with zero attached hydrogens (tertiary/aromatic N) is 1. The Balaban J connectivity index is 2.37. The summed E-state index contributed by atoms with van der Waals surface area (Å²) in [5.41, 5.74) is 5.80. The van der Waals surface area contributed by atoms with Crippen molar-refractivity contribution in [1.82, 2.24) is 4.57 Å². The first-order valence-corrected chi connectivity index (χ1v) is 5.23. The molecule has 0 amide bonds.